The molecule has 0 amide bonds. The Labute approximate surface area is 59.4 Å². The van der Waals surface area contributed by atoms with Gasteiger partial charge >= 0.3 is 0 Å². The number of nitrogens with one attached hydrogen (secondary N) is 2. The number of hydrogen-bond donors (Lipinski definition) is 2. The first kappa shape index (κ1) is 5.82. The molecule has 1 aliphatic rings. The van der Waals surface area contributed by atoms with Gasteiger partial charge in [-0.1, -0.05) is 6.07 Å². The molecule has 0 unspecified atom stereocenters. The largest absolute Gasteiger partial charge is 0.260 e. The molecule has 1 aliphatic heterocycles. The Bertz CT molecular complexity index is 209. The van der Waals surface area contributed by atoms with Crippen LogP contribution >= 0.6 is 0 Å². The lowest BCUT2D eigenvalue weighted by molar-refractivity contribution is 0.487. The molecule has 2 N–H and O–H groups in total. The first-order chi connectivity index (χ1) is 4.97. The quantitative estimate of drug-likeness (QED) is 0.533. The minimum atomic E-state index is 0.830. The third-order valence-electron chi connectivity index (χ3n) is 1.64. The average Bonchev–Trinajstić information content (AvgIpc) is 2.05. The summed E-state index contributed by atoms with van der Waals surface area (Å²) >= 11 is 0. The zero-order valence-corrected chi connectivity index (χ0v) is 5.59. The zero-order chi connectivity index (χ0) is 6.81. The molecule has 0 aromatic carbocycles. The predicted molar refractivity (Wildman–Crippen MR) is 37.9 cm³/mol. The topological polar surface area (TPSA) is 37.0 Å². The molecule has 0 bridgehead atoms. The van der Waals surface area contributed by atoms with Crippen LogP contribution in [-0.4, -0.2) is 4.98 Å². The first-order valence-corrected chi connectivity index (χ1v) is 3.35. The number of aromatic nitrogens is 1. The Morgan fingerprint density at radius 1 is 1.30 bits per heavy atom. The summed E-state index contributed by atoms with van der Waals surface area (Å²) < 4.78 is 0. The van der Waals surface area contributed by atoms with Crippen molar-refractivity contribution in [1.82, 2.24) is 15.8 Å². The Kier molecular flexibility index (Phi) is 1.38. The van der Waals surface area contributed by atoms with Crippen LogP contribution in [0.1, 0.15) is 11.3 Å². The molecular weight excluding hydrogens is 126 g/mol. The molecule has 3 nitrogen and oxygen atoms in total. The van der Waals surface area contributed by atoms with Crippen molar-refractivity contribution >= 4 is 0 Å². The molecule has 2 heterocycles. The fourth-order valence-electron chi connectivity index (χ4n) is 1.10. The molecule has 0 spiro atoms. The summed E-state index contributed by atoms with van der Waals surface area (Å²) in [4.78, 5) is 4.22. The Hall–Kier alpha value is -0.930. The lowest BCUT2D eigenvalue weighted by atomic mass is 10.2. The van der Waals surface area contributed by atoms with Gasteiger partial charge in [-0.15, -0.1) is 0 Å². The summed E-state index contributed by atoms with van der Waals surface area (Å²) in [5.41, 5.74) is 8.53. The third-order valence-corrected chi connectivity index (χ3v) is 1.64. The summed E-state index contributed by atoms with van der Waals surface area (Å²) in [5, 5.41) is 0. The number of hydrogen-bond acceptors (Lipinski definition) is 3. The highest BCUT2D eigenvalue weighted by Gasteiger charge is 2.06. The number of fused-ring (bicyclic) bond motifs is 1. The molecule has 0 atom stereocenters. The van der Waals surface area contributed by atoms with Gasteiger partial charge in [-0.05, 0) is 11.6 Å². The second-order valence-corrected chi connectivity index (χ2v) is 2.32. The predicted octanol–water partition coefficient (Wildman–Crippen LogP) is 0.189. The third kappa shape index (κ3) is 0.894. The zero-order valence-electron chi connectivity index (χ0n) is 5.59. The van der Waals surface area contributed by atoms with E-state index in [1.54, 1.807) is 0 Å². The Morgan fingerprint density at radius 2 is 2.20 bits per heavy atom. The summed E-state index contributed by atoms with van der Waals surface area (Å²) in [6, 6.07) is 4.06. The van der Waals surface area contributed by atoms with Gasteiger partial charge in [0.25, 0.3) is 0 Å². The second-order valence-electron chi connectivity index (χ2n) is 2.32. The van der Waals surface area contributed by atoms with Crippen LogP contribution in [0, 0.1) is 0 Å². The first-order valence-electron chi connectivity index (χ1n) is 3.35. The monoisotopic (exact) mass is 135 g/mol. The van der Waals surface area contributed by atoms with Crippen LogP contribution in [0.25, 0.3) is 0 Å². The molecule has 0 aliphatic carbocycles. The summed E-state index contributed by atoms with van der Waals surface area (Å²) in [6.07, 6.45) is 1.83. The van der Waals surface area contributed by atoms with Crippen LogP contribution < -0.4 is 10.9 Å². The van der Waals surface area contributed by atoms with Gasteiger partial charge in [0.2, 0.25) is 0 Å². The maximum absolute atomic E-state index is 4.22. The molecule has 1 aromatic heterocycles. The van der Waals surface area contributed by atoms with Crippen LogP contribution in [0.3, 0.4) is 0 Å². The van der Waals surface area contributed by atoms with E-state index < -0.39 is 0 Å². The van der Waals surface area contributed by atoms with Crippen LogP contribution in [0.2, 0.25) is 0 Å². The molecule has 0 radical (unpaired) electrons. The number of nitrogens with zero attached hydrogens (tertiary/aromatic N) is 1. The summed E-state index contributed by atoms with van der Waals surface area (Å²) in [7, 11) is 0. The van der Waals surface area contributed by atoms with Crippen molar-refractivity contribution in [2.75, 3.05) is 0 Å². The van der Waals surface area contributed by atoms with E-state index in [4.69, 9.17) is 0 Å². The van der Waals surface area contributed by atoms with Gasteiger partial charge in [-0.3, -0.25) is 15.8 Å². The lowest BCUT2D eigenvalue weighted by Gasteiger charge is -2.15. The highest BCUT2D eigenvalue weighted by Crippen LogP contribution is 2.06. The molecule has 0 saturated heterocycles. The SMILES string of the molecule is c1cnc2c(c1)CNNC2. The van der Waals surface area contributed by atoms with Crippen LogP contribution in [0.15, 0.2) is 18.3 Å². The molecular formula is C7H9N3. The van der Waals surface area contributed by atoms with Gasteiger partial charge in [0.05, 0.1) is 12.2 Å². The minimum absolute atomic E-state index is 0.830. The normalized spacial score (nSPS) is 16.4. The molecule has 3 heteroatoms. The standard InChI is InChI=1S/C7H9N3/c1-2-6-4-9-10-5-7(6)8-3-1/h1-3,9-10H,4-5H2. The molecule has 0 saturated carbocycles. The average molecular weight is 135 g/mol. The van der Waals surface area contributed by atoms with E-state index in [1.807, 2.05) is 12.3 Å². The van der Waals surface area contributed by atoms with Crippen LogP contribution in [0.5, 0.6) is 0 Å². The van der Waals surface area contributed by atoms with Crippen LogP contribution in [0.4, 0.5) is 0 Å². The van der Waals surface area contributed by atoms with E-state index in [1.165, 1.54) is 5.56 Å². The highest BCUT2D eigenvalue weighted by molar-refractivity contribution is 5.20. The Morgan fingerprint density at radius 3 is 3.10 bits per heavy atom. The van der Waals surface area contributed by atoms with Gasteiger partial charge in [0, 0.05) is 12.7 Å². The molecule has 10 heavy (non-hydrogen) atoms. The van der Waals surface area contributed by atoms with Gasteiger partial charge in [-0.2, -0.15) is 0 Å². The van der Waals surface area contributed by atoms with Gasteiger partial charge in [-0.25, -0.2) is 0 Å². The summed E-state index contributed by atoms with van der Waals surface area (Å²) in [5.74, 6) is 0. The fourth-order valence-corrected chi connectivity index (χ4v) is 1.10. The van der Waals surface area contributed by atoms with E-state index in [9.17, 15) is 0 Å². The van der Waals surface area contributed by atoms with Gasteiger partial charge in [0.1, 0.15) is 0 Å². The van der Waals surface area contributed by atoms with Crippen molar-refractivity contribution in [3.05, 3.63) is 29.6 Å². The Balaban J connectivity index is 2.41. The van der Waals surface area contributed by atoms with E-state index in [0.29, 0.717) is 0 Å². The van der Waals surface area contributed by atoms with E-state index in [2.05, 4.69) is 21.9 Å². The maximum Gasteiger partial charge on any atom is 0.0601 e. The minimum Gasteiger partial charge on any atom is -0.260 e. The van der Waals surface area contributed by atoms with Gasteiger partial charge < -0.3 is 0 Å². The summed E-state index contributed by atoms with van der Waals surface area (Å²) in [6.45, 7) is 1.71. The lowest BCUT2D eigenvalue weighted by Crippen LogP contribution is -2.36. The molecule has 2 rings (SSSR count). The second kappa shape index (κ2) is 2.36. The van der Waals surface area contributed by atoms with Crippen molar-refractivity contribution in [2.24, 2.45) is 0 Å². The molecule has 1 aromatic rings. The number of hydrazine groups is 1. The maximum atomic E-state index is 4.22. The van der Waals surface area contributed by atoms with Crippen molar-refractivity contribution in [1.29, 1.82) is 0 Å². The van der Waals surface area contributed by atoms with Crippen molar-refractivity contribution < 1.29 is 0 Å². The van der Waals surface area contributed by atoms with Crippen molar-refractivity contribution in [2.45, 2.75) is 13.1 Å². The fraction of sp³-hybridized carbons (Fsp3) is 0.286. The molecule has 0 fully saturated rings. The highest BCUT2D eigenvalue weighted by atomic mass is 15.4. The van der Waals surface area contributed by atoms with Crippen LogP contribution in [-0.2, 0) is 13.1 Å². The number of pyridine rings is 1. The molecule has 52 valence electrons. The van der Waals surface area contributed by atoms with Gasteiger partial charge in [0.15, 0.2) is 0 Å². The van der Waals surface area contributed by atoms with E-state index in [-0.39, 0.29) is 0 Å². The van der Waals surface area contributed by atoms with Crippen molar-refractivity contribution in [3.8, 4) is 0 Å². The van der Waals surface area contributed by atoms with E-state index in [0.717, 1.165) is 18.8 Å². The van der Waals surface area contributed by atoms with Crippen molar-refractivity contribution in [3.63, 3.8) is 0 Å². The number of rotatable bonds is 0. The van der Waals surface area contributed by atoms with E-state index >= 15 is 0 Å². The smallest absolute Gasteiger partial charge is 0.0601 e.